The summed E-state index contributed by atoms with van der Waals surface area (Å²) < 4.78 is 5.37. The minimum Gasteiger partial charge on any atom is -0.482 e. The predicted octanol–water partition coefficient (Wildman–Crippen LogP) is 3.67. The number of carbonyl (C=O) groups is 1. The predicted molar refractivity (Wildman–Crippen MR) is 76.8 cm³/mol. The molecule has 2 aromatic rings. The summed E-state index contributed by atoms with van der Waals surface area (Å²) in [5.74, 6) is 0.290. The molecular formula is C15H14ClNO2. The number of aryl methyl sites for hydroxylation is 1. The molecule has 2 rings (SSSR count). The van der Waals surface area contributed by atoms with Gasteiger partial charge in [0.25, 0.3) is 5.91 Å². The van der Waals surface area contributed by atoms with E-state index in [0.29, 0.717) is 10.8 Å². The molecule has 4 heteroatoms. The Bertz CT molecular complexity index is 584. The molecule has 0 aliphatic heterocycles. The fourth-order valence-corrected chi connectivity index (χ4v) is 1.79. The van der Waals surface area contributed by atoms with Crippen LogP contribution in [0.3, 0.4) is 0 Å². The Morgan fingerprint density at radius 3 is 2.58 bits per heavy atom. The molecule has 1 amide bonds. The van der Waals surface area contributed by atoms with Crippen LogP contribution < -0.4 is 10.1 Å². The molecule has 0 aliphatic carbocycles. The lowest BCUT2D eigenvalue weighted by Crippen LogP contribution is -2.20. The number of halogens is 1. The van der Waals surface area contributed by atoms with Crippen molar-refractivity contribution in [3.05, 3.63) is 59.1 Å². The number of ether oxygens (including phenoxy) is 1. The molecule has 2 aromatic carbocycles. The molecule has 0 bridgehead atoms. The van der Waals surface area contributed by atoms with Gasteiger partial charge in [0.2, 0.25) is 0 Å². The van der Waals surface area contributed by atoms with Gasteiger partial charge in [0.05, 0.1) is 5.02 Å². The third kappa shape index (κ3) is 3.73. The van der Waals surface area contributed by atoms with Gasteiger partial charge in [0.1, 0.15) is 5.75 Å². The number of anilines is 1. The topological polar surface area (TPSA) is 38.3 Å². The minimum atomic E-state index is -0.214. The number of carbonyl (C=O) groups excluding carboxylic acids is 1. The highest BCUT2D eigenvalue weighted by Gasteiger charge is 2.06. The van der Waals surface area contributed by atoms with E-state index in [0.717, 1.165) is 11.3 Å². The second-order valence-electron chi connectivity index (χ2n) is 4.08. The Kier molecular flexibility index (Phi) is 4.42. The highest BCUT2D eigenvalue weighted by Crippen LogP contribution is 2.23. The van der Waals surface area contributed by atoms with Gasteiger partial charge in [-0.25, -0.2) is 0 Å². The number of hydrogen-bond donors (Lipinski definition) is 1. The summed E-state index contributed by atoms with van der Waals surface area (Å²) >= 11 is 5.94. The Hall–Kier alpha value is -2.00. The molecule has 0 aliphatic rings. The molecule has 0 heterocycles. The van der Waals surface area contributed by atoms with Gasteiger partial charge in [0.15, 0.2) is 6.61 Å². The molecule has 3 nitrogen and oxygen atoms in total. The van der Waals surface area contributed by atoms with Crippen LogP contribution in [0.15, 0.2) is 48.5 Å². The first-order chi connectivity index (χ1) is 9.16. The van der Waals surface area contributed by atoms with Gasteiger partial charge >= 0.3 is 0 Å². The van der Waals surface area contributed by atoms with Crippen LogP contribution in [-0.4, -0.2) is 12.5 Å². The van der Waals surface area contributed by atoms with Crippen LogP contribution in [0.2, 0.25) is 5.02 Å². The molecule has 19 heavy (non-hydrogen) atoms. The summed E-state index contributed by atoms with van der Waals surface area (Å²) in [5.41, 5.74) is 1.80. The number of para-hydroxylation sites is 2. The number of hydrogen-bond acceptors (Lipinski definition) is 2. The van der Waals surface area contributed by atoms with Crippen LogP contribution in [-0.2, 0) is 4.79 Å². The lowest BCUT2D eigenvalue weighted by atomic mass is 10.2. The molecule has 0 saturated carbocycles. The van der Waals surface area contributed by atoms with E-state index in [-0.39, 0.29) is 12.5 Å². The second-order valence-corrected chi connectivity index (χ2v) is 4.49. The standard InChI is InChI=1S/C15H14ClNO2/c1-11-6-2-4-8-13(11)17-15(18)10-19-14-9-5-3-7-12(14)16/h2-9H,10H2,1H3,(H,17,18). The van der Waals surface area contributed by atoms with E-state index in [4.69, 9.17) is 16.3 Å². The average molecular weight is 276 g/mol. The van der Waals surface area contributed by atoms with E-state index in [1.54, 1.807) is 18.2 Å². The van der Waals surface area contributed by atoms with Gasteiger partial charge < -0.3 is 10.1 Å². The number of nitrogens with one attached hydrogen (secondary N) is 1. The third-order valence-corrected chi connectivity index (χ3v) is 2.93. The van der Waals surface area contributed by atoms with Crippen molar-refractivity contribution >= 4 is 23.2 Å². The zero-order valence-electron chi connectivity index (χ0n) is 10.5. The van der Waals surface area contributed by atoms with Crippen molar-refractivity contribution in [2.75, 3.05) is 11.9 Å². The van der Waals surface area contributed by atoms with Gasteiger partial charge in [-0.1, -0.05) is 41.9 Å². The van der Waals surface area contributed by atoms with Gasteiger partial charge in [-0.2, -0.15) is 0 Å². The Labute approximate surface area is 117 Å². The van der Waals surface area contributed by atoms with E-state index in [1.807, 2.05) is 37.3 Å². The van der Waals surface area contributed by atoms with Crippen LogP contribution >= 0.6 is 11.6 Å². The lowest BCUT2D eigenvalue weighted by molar-refractivity contribution is -0.118. The molecular weight excluding hydrogens is 262 g/mol. The zero-order valence-corrected chi connectivity index (χ0v) is 11.3. The van der Waals surface area contributed by atoms with Crippen LogP contribution in [0, 0.1) is 6.92 Å². The SMILES string of the molecule is Cc1ccccc1NC(=O)COc1ccccc1Cl. The smallest absolute Gasteiger partial charge is 0.262 e. The van der Waals surface area contributed by atoms with Gasteiger partial charge in [0, 0.05) is 5.69 Å². The molecule has 0 unspecified atom stereocenters. The van der Waals surface area contributed by atoms with Crippen molar-refractivity contribution in [2.45, 2.75) is 6.92 Å². The third-order valence-electron chi connectivity index (χ3n) is 2.61. The maximum atomic E-state index is 11.8. The molecule has 0 radical (unpaired) electrons. The highest BCUT2D eigenvalue weighted by molar-refractivity contribution is 6.32. The molecule has 0 spiro atoms. The summed E-state index contributed by atoms with van der Waals surface area (Å²) in [7, 11) is 0. The molecule has 0 fully saturated rings. The summed E-state index contributed by atoms with van der Waals surface area (Å²) in [6, 6.07) is 14.6. The monoisotopic (exact) mass is 275 g/mol. The highest BCUT2D eigenvalue weighted by atomic mass is 35.5. The van der Waals surface area contributed by atoms with Crippen molar-refractivity contribution in [1.82, 2.24) is 0 Å². The fraction of sp³-hybridized carbons (Fsp3) is 0.133. The Balaban J connectivity index is 1.92. The van der Waals surface area contributed by atoms with E-state index < -0.39 is 0 Å². The summed E-state index contributed by atoms with van der Waals surface area (Å²) in [5, 5.41) is 3.28. The maximum Gasteiger partial charge on any atom is 0.262 e. The van der Waals surface area contributed by atoms with E-state index >= 15 is 0 Å². The molecule has 1 N–H and O–H groups in total. The average Bonchev–Trinajstić information content (AvgIpc) is 2.40. The first kappa shape index (κ1) is 13.4. The number of rotatable bonds is 4. The van der Waals surface area contributed by atoms with Crippen LogP contribution in [0.25, 0.3) is 0 Å². The minimum absolute atomic E-state index is 0.0714. The lowest BCUT2D eigenvalue weighted by Gasteiger charge is -2.10. The number of benzene rings is 2. The quantitative estimate of drug-likeness (QED) is 0.925. The zero-order chi connectivity index (χ0) is 13.7. The summed E-state index contributed by atoms with van der Waals surface area (Å²) in [4.78, 5) is 11.8. The maximum absolute atomic E-state index is 11.8. The van der Waals surface area contributed by atoms with E-state index in [9.17, 15) is 4.79 Å². The van der Waals surface area contributed by atoms with Gasteiger partial charge in [-0.05, 0) is 30.7 Å². The van der Waals surface area contributed by atoms with Gasteiger partial charge in [-0.3, -0.25) is 4.79 Å². The molecule has 98 valence electrons. The normalized spacial score (nSPS) is 10.0. The summed E-state index contributed by atoms with van der Waals surface area (Å²) in [6.07, 6.45) is 0. The number of amides is 1. The second kappa shape index (κ2) is 6.25. The van der Waals surface area contributed by atoms with Crippen LogP contribution in [0.1, 0.15) is 5.56 Å². The first-order valence-electron chi connectivity index (χ1n) is 5.89. The largest absolute Gasteiger partial charge is 0.482 e. The molecule has 0 atom stereocenters. The van der Waals surface area contributed by atoms with E-state index in [1.165, 1.54) is 0 Å². The fourth-order valence-electron chi connectivity index (χ4n) is 1.60. The van der Waals surface area contributed by atoms with Crippen molar-refractivity contribution in [1.29, 1.82) is 0 Å². The molecule has 0 saturated heterocycles. The van der Waals surface area contributed by atoms with Crippen molar-refractivity contribution in [2.24, 2.45) is 0 Å². The van der Waals surface area contributed by atoms with E-state index in [2.05, 4.69) is 5.32 Å². The van der Waals surface area contributed by atoms with Crippen molar-refractivity contribution in [3.63, 3.8) is 0 Å². The van der Waals surface area contributed by atoms with Crippen LogP contribution in [0.4, 0.5) is 5.69 Å². The van der Waals surface area contributed by atoms with Crippen LogP contribution in [0.5, 0.6) is 5.75 Å². The van der Waals surface area contributed by atoms with Crippen molar-refractivity contribution in [3.8, 4) is 5.75 Å². The summed E-state index contributed by atoms with van der Waals surface area (Å²) in [6.45, 7) is 1.86. The van der Waals surface area contributed by atoms with Crippen molar-refractivity contribution < 1.29 is 9.53 Å². The molecule has 0 aromatic heterocycles. The Morgan fingerprint density at radius 2 is 1.84 bits per heavy atom. The van der Waals surface area contributed by atoms with Gasteiger partial charge in [-0.15, -0.1) is 0 Å². The Morgan fingerprint density at radius 1 is 1.16 bits per heavy atom. The first-order valence-corrected chi connectivity index (χ1v) is 6.27.